The molecule has 0 saturated heterocycles. The first-order valence-corrected chi connectivity index (χ1v) is 5.23. The maximum absolute atomic E-state index is 11.9. The first-order valence-electron chi connectivity index (χ1n) is 5.23. The minimum atomic E-state index is -4.40. The van der Waals surface area contributed by atoms with Crippen molar-refractivity contribution in [3.63, 3.8) is 0 Å². The first kappa shape index (κ1) is 16.7. The van der Waals surface area contributed by atoms with Crippen molar-refractivity contribution in [1.29, 1.82) is 0 Å². The Morgan fingerprint density at radius 3 is 2.06 bits per heavy atom. The maximum Gasteiger partial charge on any atom is 0.401 e. The zero-order valence-electron chi connectivity index (χ0n) is 10.5. The highest BCUT2D eigenvalue weighted by atomic mass is 19.4. The van der Waals surface area contributed by atoms with Gasteiger partial charge >= 0.3 is 12.1 Å². The van der Waals surface area contributed by atoms with Crippen LogP contribution in [0.2, 0.25) is 0 Å². The van der Waals surface area contributed by atoms with Crippen LogP contribution in [0.4, 0.5) is 13.2 Å². The summed E-state index contributed by atoms with van der Waals surface area (Å²) in [6.45, 7) is 2.44. The van der Waals surface area contributed by atoms with Crippen LogP contribution in [-0.2, 0) is 9.59 Å². The van der Waals surface area contributed by atoms with E-state index in [1.807, 2.05) is 5.32 Å². The Hall–Kier alpha value is -1.31. The second kappa shape index (κ2) is 6.03. The first-order chi connectivity index (χ1) is 7.93. The van der Waals surface area contributed by atoms with Crippen LogP contribution >= 0.6 is 0 Å². The van der Waals surface area contributed by atoms with E-state index >= 15 is 0 Å². The number of aliphatic carboxylic acids is 1. The van der Waals surface area contributed by atoms with E-state index in [0.717, 1.165) is 4.90 Å². The van der Waals surface area contributed by atoms with Gasteiger partial charge in [-0.3, -0.25) is 9.59 Å². The van der Waals surface area contributed by atoms with Gasteiger partial charge < -0.3 is 15.3 Å². The maximum atomic E-state index is 11.9. The van der Waals surface area contributed by atoms with Gasteiger partial charge in [0.05, 0.1) is 13.1 Å². The highest BCUT2D eigenvalue weighted by Crippen LogP contribution is 2.14. The molecule has 18 heavy (non-hydrogen) atoms. The third-order valence-electron chi connectivity index (χ3n) is 2.01. The van der Waals surface area contributed by atoms with Crippen molar-refractivity contribution in [2.24, 2.45) is 0 Å². The number of hydrogen-bond donors (Lipinski definition) is 2. The molecule has 0 radical (unpaired) electrons. The second-order valence-corrected chi connectivity index (χ2v) is 4.76. The van der Waals surface area contributed by atoms with E-state index in [4.69, 9.17) is 5.11 Å². The third kappa shape index (κ3) is 7.10. The van der Waals surface area contributed by atoms with Crippen molar-refractivity contribution in [3.8, 4) is 0 Å². The van der Waals surface area contributed by atoms with Crippen LogP contribution in [-0.4, -0.2) is 53.2 Å². The van der Waals surface area contributed by atoms with Gasteiger partial charge in [0, 0.05) is 5.54 Å². The Labute approximate surface area is 103 Å². The number of carboxylic acid groups (broad SMARTS) is 1. The Bertz CT molecular complexity index is 310. The van der Waals surface area contributed by atoms with Crippen molar-refractivity contribution < 1.29 is 27.9 Å². The van der Waals surface area contributed by atoms with E-state index in [9.17, 15) is 22.8 Å². The Kier molecular flexibility index (Phi) is 5.59. The summed E-state index contributed by atoms with van der Waals surface area (Å²) in [5.41, 5.74) is -0.768. The molecule has 0 spiro atoms. The van der Waals surface area contributed by atoms with Crippen LogP contribution in [0.15, 0.2) is 0 Å². The lowest BCUT2D eigenvalue weighted by molar-refractivity contribution is -0.148. The van der Waals surface area contributed by atoms with Gasteiger partial charge in [-0.15, -0.1) is 0 Å². The van der Waals surface area contributed by atoms with Crippen LogP contribution in [0, 0.1) is 0 Å². The summed E-state index contributed by atoms with van der Waals surface area (Å²) in [7, 11) is 0. The van der Waals surface area contributed by atoms with Gasteiger partial charge in [0.1, 0.15) is 6.54 Å². The molecule has 0 aliphatic heterocycles. The van der Waals surface area contributed by atoms with Crippen LogP contribution in [0.1, 0.15) is 20.8 Å². The van der Waals surface area contributed by atoms with Crippen LogP contribution in [0.25, 0.3) is 0 Å². The minimum absolute atomic E-state index is 0.546. The van der Waals surface area contributed by atoms with Crippen molar-refractivity contribution in [3.05, 3.63) is 0 Å². The predicted molar refractivity (Wildman–Crippen MR) is 58.0 cm³/mol. The lowest BCUT2D eigenvalue weighted by Crippen LogP contribution is -2.51. The van der Waals surface area contributed by atoms with Crippen LogP contribution in [0.3, 0.4) is 0 Å². The summed E-state index contributed by atoms with van der Waals surface area (Å²) in [6.07, 6.45) is -4.40. The Balaban J connectivity index is 4.45. The molecular formula is C10H17F3N2O3. The van der Waals surface area contributed by atoms with Crippen molar-refractivity contribution in [2.75, 3.05) is 19.6 Å². The van der Waals surface area contributed by atoms with Gasteiger partial charge in [0.25, 0.3) is 0 Å². The summed E-state index contributed by atoms with van der Waals surface area (Å²) in [5, 5.41) is 10.6. The molecule has 0 fully saturated rings. The monoisotopic (exact) mass is 270 g/mol. The van der Waals surface area contributed by atoms with Gasteiger partial charge in [0.15, 0.2) is 0 Å². The fraction of sp³-hybridized carbons (Fsp3) is 0.800. The fourth-order valence-corrected chi connectivity index (χ4v) is 1.24. The molecule has 0 rings (SSSR count). The smallest absolute Gasteiger partial charge is 0.401 e. The highest BCUT2D eigenvalue weighted by Gasteiger charge is 2.30. The molecular weight excluding hydrogens is 253 g/mol. The van der Waals surface area contributed by atoms with Crippen molar-refractivity contribution in [2.45, 2.75) is 32.5 Å². The van der Waals surface area contributed by atoms with Gasteiger partial charge in [0.2, 0.25) is 5.91 Å². The van der Waals surface area contributed by atoms with Crippen molar-refractivity contribution >= 4 is 11.9 Å². The van der Waals surface area contributed by atoms with Gasteiger partial charge in [-0.05, 0) is 20.8 Å². The minimum Gasteiger partial charge on any atom is -0.480 e. The second-order valence-electron chi connectivity index (χ2n) is 4.76. The molecule has 2 N–H and O–H groups in total. The number of carboxylic acids is 1. The predicted octanol–water partition coefficient (Wildman–Crippen LogP) is 0.850. The van der Waals surface area contributed by atoms with Crippen LogP contribution in [0.5, 0.6) is 0 Å². The number of amides is 1. The van der Waals surface area contributed by atoms with E-state index in [1.54, 1.807) is 20.8 Å². The molecule has 106 valence electrons. The van der Waals surface area contributed by atoms with Crippen LogP contribution < -0.4 is 5.32 Å². The molecule has 8 heteroatoms. The number of nitrogens with zero attached hydrogens (tertiary/aromatic N) is 1. The van der Waals surface area contributed by atoms with E-state index < -0.39 is 43.2 Å². The number of rotatable bonds is 5. The molecule has 0 aliphatic rings. The molecule has 0 bridgehead atoms. The SMILES string of the molecule is CC(C)(C)N(CC(=O)O)C(=O)CNCC(F)(F)F. The van der Waals surface area contributed by atoms with Gasteiger partial charge in [-0.25, -0.2) is 0 Å². The molecule has 0 heterocycles. The highest BCUT2D eigenvalue weighted by molar-refractivity contribution is 5.83. The summed E-state index contributed by atoms with van der Waals surface area (Å²) in [6, 6.07) is 0. The molecule has 0 saturated carbocycles. The largest absolute Gasteiger partial charge is 0.480 e. The fourth-order valence-electron chi connectivity index (χ4n) is 1.24. The topological polar surface area (TPSA) is 69.6 Å². The molecule has 0 atom stereocenters. The zero-order valence-corrected chi connectivity index (χ0v) is 10.5. The summed E-state index contributed by atoms with van der Waals surface area (Å²) < 4.78 is 35.6. The lowest BCUT2D eigenvalue weighted by atomic mass is 10.1. The number of hydrogen-bond acceptors (Lipinski definition) is 3. The van der Waals surface area contributed by atoms with Gasteiger partial charge in [-0.1, -0.05) is 0 Å². The molecule has 0 aromatic carbocycles. The number of carbonyl (C=O) groups excluding carboxylic acids is 1. The summed E-state index contributed by atoms with van der Waals surface area (Å²) in [5.74, 6) is -1.90. The van der Waals surface area contributed by atoms with Crippen molar-refractivity contribution in [1.82, 2.24) is 10.2 Å². The number of halogens is 3. The molecule has 0 unspecified atom stereocenters. The molecule has 5 nitrogen and oxygen atoms in total. The molecule has 1 amide bonds. The summed E-state index contributed by atoms with van der Waals surface area (Å²) in [4.78, 5) is 23.3. The molecule has 0 aromatic rings. The Morgan fingerprint density at radius 2 is 1.72 bits per heavy atom. The number of carbonyl (C=O) groups is 2. The molecule has 0 aliphatic carbocycles. The quantitative estimate of drug-likeness (QED) is 0.777. The molecule has 0 aromatic heterocycles. The number of nitrogens with one attached hydrogen (secondary N) is 1. The average Bonchev–Trinajstić information content (AvgIpc) is 2.09. The number of alkyl halides is 3. The van der Waals surface area contributed by atoms with Gasteiger partial charge in [-0.2, -0.15) is 13.2 Å². The standard InChI is InChI=1S/C10H17F3N2O3/c1-9(2,3)15(5-8(17)18)7(16)4-14-6-10(11,12)13/h14H,4-6H2,1-3H3,(H,17,18). The van der Waals surface area contributed by atoms with E-state index in [2.05, 4.69) is 0 Å². The lowest BCUT2D eigenvalue weighted by Gasteiger charge is -2.34. The average molecular weight is 270 g/mol. The summed E-state index contributed by atoms with van der Waals surface area (Å²) >= 11 is 0. The van der Waals surface area contributed by atoms with E-state index in [0.29, 0.717) is 0 Å². The van der Waals surface area contributed by atoms with E-state index in [1.165, 1.54) is 0 Å². The Morgan fingerprint density at radius 1 is 1.22 bits per heavy atom. The zero-order chi connectivity index (χ0) is 14.6. The normalized spacial score (nSPS) is 12.3. The third-order valence-corrected chi connectivity index (χ3v) is 2.01. The van der Waals surface area contributed by atoms with E-state index in [-0.39, 0.29) is 0 Å².